The van der Waals surface area contributed by atoms with Crippen LogP contribution in [0, 0.1) is 0 Å². The summed E-state index contributed by atoms with van der Waals surface area (Å²) in [6, 6.07) is 8.35. The standard InChI is InChI=1S/C15H23N3O/c1-3-18-14-8-5-4-7-13(14)17-15(18)9-6-10-16-11-12-19-2/h4-5,7-8,16H,3,6,9-12H2,1-2H3. The summed E-state index contributed by atoms with van der Waals surface area (Å²) in [4.78, 5) is 4.73. The van der Waals surface area contributed by atoms with E-state index in [1.807, 2.05) is 6.07 Å². The van der Waals surface area contributed by atoms with Crippen LogP contribution < -0.4 is 5.32 Å². The SMILES string of the molecule is CCn1c(CCCNCCOC)nc2ccccc21. The molecule has 104 valence electrons. The van der Waals surface area contributed by atoms with Gasteiger partial charge in [0.15, 0.2) is 0 Å². The molecule has 1 aromatic heterocycles. The van der Waals surface area contributed by atoms with Crippen LogP contribution in [0.5, 0.6) is 0 Å². The van der Waals surface area contributed by atoms with Gasteiger partial charge in [0.1, 0.15) is 5.82 Å². The molecule has 2 aromatic rings. The van der Waals surface area contributed by atoms with Crippen LogP contribution in [0.4, 0.5) is 0 Å². The molecule has 0 amide bonds. The largest absolute Gasteiger partial charge is 0.383 e. The Balaban J connectivity index is 1.93. The molecule has 1 aromatic carbocycles. The summed E-state index contributed by atoms with van der Waals surface area (Å²) in [5, 5.41) is 3.37. The molecule has 1 N–H and O–H groups in total. The van der Waals surface area contributed by atoms with Crippen molar-refractivity contribution in [3.8, 4) is 0 Å². The molecule has 0 radical (unpaired) electrons. The summed E-state index contributed by atoms with van der Waals surface area (Å²) in [5.41, 5.74) is 2.35. The second-order valence-corrected chi connectivity index (χ2v) is 4.61. The number of nitrogens with one attached hydrogen (secondary N) is 1. The quantitative estimate of drug-likeness (QED) is 0.741. The predicted molar refractivity (Wildman–Crippen MR) is 78.5 cm³/mol. The van der Waals surface area contributed by atoms with Gasteiger partial charge in [0.2, 0.25) is 0 Å². The molecule has 0 bridgehead atoms. The van der Waals surface area contributed by atoms with Crippen LogP contribution in [-0.2, 0) is 17.7 Å². The lowest BCUT2D eigenvalue weighted by molar-refractivity contribution is 0.199. The Morgan fingerprint density at radius 1 is 1.26 bits per heavy atom. The Kier molecular flexibility index (Phi) is 5.36. The lowest BCUT2D eigenvalue weighted by Gasteiger charge is -2.06. The second kappa shape index (κ2) is 7.26. The van der Waals surface area contributed by atoms with E-state index in [1.54, 1.807) is 7.11 Å². The van der Waals surface area contributed by atoms with Gasteiger partial charge in [-0.05, 0) is 32.0 Å². The van der Waals surface area contributed by atoms with Crippen molar-refractivity contribution >= 4 is 11.0 Å². The highest BCUT2D eigenvalue weighted by Crippen LogP contribution is 2.16. The predicted octanol–water partition coefficient (Wildman–Crippen LogP) is 2.22. The third-order valence-corrected chi connectivity index (χ3v) is 3.29. The number of ether oxygens (including phenoxy) is 1. The fourth-order valence-electron chi connectivity index (χ4n) is 2.34. The van der Waals surface area contributed by atoms with Crippen molar-refractivity contribution in [2.45, 2.75) is 26.3 Å². The maximum absolute atomic E-state index is 5.00. The van der Waals surface area contributed by atoms with E-state index in [4.69, 9.17) is 9.72 Å². The van der Waals surface area contributed by atoms with E-state index >= 15 is 0 Å². The number of rotatable bonds is 8. The molecule has 4 nitrogen and oxygen atoms in total. The van der Waals surface area contributed by atoms with Gasteiger partial charge in [0, 0.05) is 26.6 Å². The molecule has 0 fully saturated rings. The van der Waals surface area contributed by atoms with Crippen LogP contribution >= 0.6 is 0 Å². The maximum atomic E-state index is 5.00. The zero-order valence-corrected chi connectivity index (χ0v) is 11.9. The van der Waals surface area contributed by atoms with Gasteiger partial charge in [0.05, 0.1) is 17.6 Å². The van der Waals surface area contributed by atoms with Crippen LogP contribution in [0.3, 0.4) is 0 Å². The van der Waals surface area contributed by atoms with Crippen molar-refractivity contribution in [1.29, 1.82) is 0 Å². The topological polar surface area (TPSA) is 39.1 Å². The number of aromatic nitrogens is 2. The third-order valence-electron chi connectivity index (χ3n) is 3.29. The molecule has 0 saturated heterocycles. The molecule has 4 heteroatoms. The van der Waals surface area contributed by atoms with Gasteiger partial charge in [-0.15, -0.1) is 0 Å². The minimum Gasteiger partial charge on any atom is -0.383 e. The highest BCUT2D eigenvalue weighted by atomic mass is 16.5. The minimum atomic E-state index is 0.771. The highest BCUT2D eigenvalue weighted by molar-refractivity contribution is 5.75. The molecule has 0 aliphatic carbocycles. The third kappa shape index (κ3) is 3.55. The summed E-state index contributed by atoms with van der Waals surface area (Å²) in [6.07, 6.45) is 2.12. The van der Waals surface area contributed by atoms with Crippen molar-refractivity contribution in [2.75, 3.05) is 26.8 Å². The molecule has 0 saturated carbocycles. The normalized spacial score (nSPS) is 11.3. The molecule has 19 heavy (non-hydrogen) atoms. The fraction of sp³-hybridized carbons (Fsp3) is 0.533. The van der Waals surface area contributed by atoms with Crippen LogP contribution in [-0.4, -0.2) is 36.4 Å². The number of hydrogen-bond acceptors (Lipinski definition) is 3. The van der Waals surface area contributed by atoms with E-state index in [-0.39, 0.29) is 0 Å². The Morgan fingerprint density at radius 2 is 2.11 bits per heavy atom. The van der Waals surface area contributed by atoms with Crippen molar-refractivity contribution in [1.82, 2.24) is 14.9 Å². The number of para-hydroxylation sites is 2. The van der Waals surface area contributed by atoms with Gasteiger partial charge in [-0.1, -0.05) is 12.1 Å². The first-order valence-corrected chi connectivity index (χ1v) is 7.00. The lowest BCUT2D eigenvalue weighted by atomic mass is 10.3. The van der Waals surface area contributed by atoms with Crippen LogP contribution in [0.1, 0.15) is 19.2 Å². The number of imidazole rings is 1. The molecule has 0 unspecified atom stereocenters. The summed E-state index contributed by atoms with van der Waals surface area (Å²) in [7, 11) is 1.73. The van der Waals surface area contributed by atoms with Crippen molar-refractivity contribution in [3.63, 3.8) is 0 Å². The fourth-order valence-corrected chi connectivity index (χ4v) is 2.34. The zero-order valence-electron chi connectivity index (χ0n) is 11.9. The molecule has 0 spiro atoms. The monoisotopic (exact) mass is 261 g/mol. The van der Waals surface area contributed by atoms with E-state index in [0.29, 0.717) is 0 Å². The van der Waals surface area contributed by atoms with Crippen LogP contribution in [0.2, 0.25) is 0 Å². The van der Waals surface area contributed by atoms with Crippen molar-refractivity contribution in [2.24, 2.45) is 0 Å². The van der Waals surface area contributed by atoms with Gasteiger partial charge in [-0.25, -0.2) is 4.98 Å². The van der Waals surface area contributed by atoms with Crippen molar-refractivity contribution < 1.29 is 4.74 Å². The Morgan fingerprint density at radius 3 is 2.89 bits per heavy atom. The summed E-state index contributed by atoms with van der Waals surface area (Å²) < 4.78 is 7.31. The average molecular weight is 261 g/mol. The Bertz CT molecular complexity index is 507. The van der Waals surface area contributed by atoms with E-state index in [0.717, 1.165) is 44.6 Å². The molecule has 0 aliphatic rings. The first-order chi connectivity index (χ1) is 9.36. The number of nitrogens with zero attached hydrogens (tertiary/aromatic N) is 2. The molecule has 0 aliphatic heterocycles. The zero-order chi connectivity index (χ0) is 13.5. The van der Waals surface area contributed by atoms with E-state index in [2.05, 4.69) is 35.0 Å². The summed E-state index contributed by atoms with van der Waals surface area (Å²) in [5.74, 6) is 1.19. The molecule has 1 heterocycles. The molecular weight excluding hydrogens is 238 g/mol. The molecule has 0 atom stereocenters. The van der Waals surface area contributed by atoms with Gasteiger partial charge in [-0.3, -0.25) is 0 Å². The molecule has 2 rings (SSSR count). The van der Waals surface area contributed by atoms with E-state index in [1.165, 1.54) is 11.3 Å². The van der Waals surface area contributed by atoms with E-state index < -0.39 is 0 Å². The number of fused-ring (bicyclic) bond motifs is 1. The number of hydrogen-bond donors (Lipinski definition) is 1. The Labute approximate surface area is 114 Å². The average Bonchev–Trinajstić information content (AvgIpc) is 2.80. The minimum absolute atomic E-state index is 0.771. The maximum Gasteiger partial charge on any atom is 0.109 e. The summed E-state index contributed by atoms with van der Waals surface area (Å²) in [6.45, 7) is 5.85. The second-order valence-electron chi connectivity index (χ2n) is 4.61. The molecular formula is C15H23N3O. The summed E-state index contributed by atoms with van der Waals surface area (Å²) >= 11 is 0. The van der Waals surface area contributed by atoms with Gasteiger partial charge >= 0.3 is 0 Å². The Hall–Kier alpha value is -1.39. The first-order valence-electron chi connectivity index (χ1n) is 7.00. The van der Waals surface area contributed by atoms with Gasteiger partial charge in [0.25, 0.3) is 0 Å². The van der Waals surface area contributed by atoms with E-state index in [9.17, 15) is 0 Å². The van der Waals surface area contributed by atoms with Gasteiger partial charge < -0.3 is 14.6 Å². The lowest BCUT2D eigenvalue weighted by Crippen LogP contribution is -2.21. The number of methoxy groups -OCH3 is 1. The van der Waals surface area contributed by atoms with Crippen LogP contribution in [0.15, 0.2) is 24.3 Å². The first kappa shape index (κ1) is 14.0. The number of benzene rings is 1. The smallest absolute Gasteiger partial charge is 0.109 e. The highest BCUT2D eigenvalue weighted by Gasteiger charge is 2.07. The number of aryl methyl sites for hydroxylation is 2. The van der Waals surface area contributed by atoms with Crippen molar-refractivity contribution in [3.05, 3.63) is 30.1 Å². The van der Waals surface area contributed by atoms with Crippen LogP contribution in [0.25, 0.3) is 11.0 Å². The van der Waals surface area contributed by atoms with Gasteiger partial charge in [-0.2, -0.15) is 0 Å².